The molecule has 0 saturated carbocycles. The second kappa shape index (κ2) is 11.3. The maximum absolute atomic E-state index is 13.6. The summed E-state index contributed by atoms with van der Waals surface area (Å²) < 4.78 is 17.7. The lowest BCUT2D eigenvalue weighted by molar-refractivity contribution is -0.0152. The lowest BCUT2D eigenvalue weighted by Gasteiger charge is -2.36. The Labute approximate surface area is 208 Å². The van der Waals surface area contributed by atoms with Gasteiger partial charge in [-0.3, -0.25) is 14.6 Å². The molecular formula is C26H36N2O6Si. The van der Waals surface area contributed by atoms with Crippen LogP contribution in [0.15, 0.2) is 36.5 Å². The third-order valence-corrected chi connectivity index (χ3v) is 11.3. The van der Waals surface area contributed by atoms with Crippen molar-refractivity contribution in [3.63, 3.8) is 0 Å². The minimum absolute atomic E-state index is 0.0818. The molecule has 0 spiro atoms. The summed E-state index contributed by atoms with van der Waals surface area (Å²) in [5.74, 6) is -0.0167. The van der Waals surface area contributed by atoms with Gasteiger partial charge in [-0.05, 0) is 42.4 Å². The highest BCUT2D eigenvalue weighted by Crippen LogP contribution is 2.36. The second-order valence-electron chi connectivity index (χ2n) is 10.2. The van der Waals surface area contributed by atoms with E-state index in [2.05, 4.69) is 38.8 Å². The smallest absolute Gasteiger partial charge is 0.256 e. The first-order valence-corrected chi connectivity index (χ1v) is 14.8. The largest absolute Gasteiger partial charge is 0.507 e. The van der Waals surface area contributed by atoms with Gasteiger partial charge in [-0.2, -0.15) is 0 Å². The number of carbonyl (C=O) groups is 2. The van der Waals surface area contributed by atoms with Gasteiger partial charge in [0.15, 0.2) is 14.6 Å². The lowest BCUT2D eigenvalue weighted by Crippen LogP contribution is -2.51. The standard InChI is InChI=1S/C26H36N2O6Si/c1-26(2,3)35(4,5)34-14-11-22-20(8-7-12-27-22)25(31)28-13-15-32-17-19(28)18-33-24-10-6-9-23(30)21(24)16-29/h6-10,12,16,19,30H,11,13-15,17-18H2,1-5H3. The molecule has 8 nitrogen and oxygen atoms in total. The Balaban J connectivity index is 1.71. The van der Waals surface area contributed by atoms with Crippen LogP contribution in [0, 0.1) is 0 Å². The van der Waals surface area contributed by atoms with Crippen molar-refractivity contribution in [3.8, 4) is 11.5 Å². The molecule has 0 bridgehead atoms. The van der Waals surface area contributed by atoms with E-state index in [0.717, 1.165) is 0 Å². The minimum Gasteiger partial charge on any atom is -0.507 e. The average molecular weight is 501 g/mol. The molecule has 1 amide bonds. The number of hydrogen-bond donors (Lipinski definition) is 1. The highest BCUT2D eigenvalue weighted by Gasteiger charge is 2.37. The predicted octanol–water partition coefficient (Wildman–Crippen LogP) is 4.08. The monoisotopic (exact) mass is 500 g/mol. The van der Waals surface area contributed by atoms with Crippen LogP contribution in [0.1, 0.15) is 47.2 Å². The number of aromatic hydroxyl groups is 1. The van der Waals surface area contributed by atoms with Gasteiger partial charge < -0.3 is 23.9 Å². The van der Waals surface area contributed by atoms with Crippen LogP contribution in [0.3, 0.4) is 0 Å². The van der Waals surface area contributed by atoms with E-state index in [1.807, 2.05) is 0 Å². The Hall–Kier alpha value is -2.75. The molecule has 2 aromatic rings. The molecule has 1 atom stereocenters. The van der Waals surface area contributed by atoms with E-state index < -0.39 is 8.32 Å². The molecule has 1 aliphatic heterocycles. The number of aldehydes is 1. The van der Waals surface area contributed by atoms with E-state index >= 15 is 0 Å². The van der Waals surface area contributed by atoms with E-state index in [1.165, 1.54) is 6.07 Å². The van der Waals surface area contributed by atoms with E-state index in [1.54, 1.807) is 35.4 Å². The quantitative estimate of drug-likeness (QED) is 0.409. The van der Waals surface area contributed by atoms with Crippen LogP contribution in [0.25, 0.3) is 0 Å². The number of pyridine rings is 1. The Morgan fingerprint density at radius 3 is 2.77 bits per heavy atom. The molecule has 1 N–H and O–H groups in total. The molecule has 3 rings (SSSR count). The van der Waals surface area contributed by atoms with Crippen LogP contribution < -0.4 is 4.74 Å². The maximum Gasteiger partial charge on any atom is 0.256 e. The lowest BCUT2D eigenvalue weighted by atomic mass is 10.1. The van der Waals surface area contributed by atoms with Crippen LogP contribution in [0.5, 0.6) is 11.5 Å². The molecule has 0 aliphatic carbocycles. The van der Waals surface area contributed by atoms with Gasteiger partial charge in [-0.25, -0.2) is 0 Å². The summed E-state index contributed by atoms with van der Waals surface area (Å²) in [6.45, 7) is 12.8. The molecular weight excluding hydrogens is 464 g/mol. The first kappa shape index (κ1) is 26.8. The first-order valence-electron chi connectivity index (χ1n) is 11.9. The third kappa shape index (κ3) is 6.48. The minimum atomic E-state index is -1.90. The highest BCUT2D eigenvalue weighted by molar-refractivity contribution is 6.74. The highest BCUT2D eigenvalue weighted by atomic mass is 28.4. The molecule has 1 fully saturated rings. The summed E-state index contributed by atoms with van der Waals surface area (Å²) in [4.78, 5) is 31.2. The molecule has 1 aliphatic rings. The number of morpholine rings is 1. The van der Waals surface area contributed by atoms with E-state index in [-0.39, 0.29) is 40.7 Å². The SMILES string of the molecule is CC(C)(C)[Si](C)(C)OCCc1ncccc1C(=O)N1CCOCC1COc1cccc(O)c1C=O. The molecule has 35 heavy (non-hydrogen) atoms. The van der Waals surface area contributed by atoms with Gasteiger partial charge in [0.05, 0.1) is 36.1 Å². The number of hydrogen-bond acceptors (Lipinski definition) is 7. The zero-order valence-electron chi connectivity index (χ0n) is 21.2. The molecule has 0 radical (unpaired) electrons. The fourth-order valence-corrected chi connectivity index (χ4v) is 4.67. The first-order chi connectivity index (χ1) is 16.5. The molecule has 9 heteroatoms. The van der Waals surface area contributed by atoms with Crippen molar-refractivity contribution in [3.05, 3.63) is 53.3 Å². The normalized spacial score (nSPS) is 16.7. The molecule has 1 aromatic carbocycles. The van der Waals surface area contributed by atoms with Gasteiger partial charge >= 0.3 is 0 Å². The van der Waals surface area contributed by atoms with Gasteiger partial charge in [-0.1, -0.05) is 26.8 Å². The van der Waals surface area contributed by atoms with Crippen LogP contribution >= 0.6 is 0 Å². The molecule has 1 unspecified atom stereocenters. The molecule has 190 valence electrons. The number of ether oxygens (including phenoxy) is 2. The summed E-state index contributed by atoms with van der Waals surface area (Å²) in [5.41, 5.74) is 1.33. The van der Waals surface area contributed by atoms with Crippen LogP contribution in [-0.2, 0) is 15.6 Å². The van der Waals surface area contributed by atoms with Gasteiger partial charge in [0.25, 0.3) is 5.91 Å². The Kier molecular flexibility index (Phi) is 8.68. The third-order valence-electron chi connectivity index (χ3n) is 6.81. The number of phenolic OH excluding ortho intramolecular Hbond substituents is 1. The van der Waals surface area contributed by atoms with E-state index in [0.29, 0.717) is 50.3 Å². The van der Waals surface area contributed by atoms with Gasteiger partial charge in [0.2, 0.25) is 0 Å². The van der Waals surface area contributed by atoms with E-state index in [9.17, 15) is 14.7 Å². The van der Waals surface area contributed by atoms with Crippen molar-refractivity contribution < 1.29 is 28.6 Å². The van der Waals surface area contributed by atoms with Crippen LogP contribution in [0.4, 0.5) is 0 Å². The number of amides is 1. The molecule has 2 heterocycles. The van der Waals surface area contributed by atoms with Gasteiger partial charge in [0.1, 0.15) is 18.1 Å². The number of nitrogens with zero attached hydrogens (tertiary/aromatic N) is 2. The van der Waals surface area contributed by atoms with Crippen molar-refractivity contribution in [1.82, 2.24) is 9.88 Å². The van der Waals surface area contributed by atoms with Crippen molar-refractivity contribution in [2.75, 3.05) is 33.0 Å². The summed E-state index contributed by atoms with van der Waals surface area (Å²) in [6, 6.07) is 7.85. The average Bonchev–Trinajstić information content (AvgIpc) is 2.82. The Bertz CT molecular complexity index is 1040. The Morgan fingerprint density at radius 2 is 2.06 bits per heavy atom. The van der Waals surface area contributed by atoms with Gasteiger partial charge in [0, 0.05) is 25.8 Å². The fraction of sp³-hybridized carbons (Fsp3) is 0.500. The number of phenols is 1. The van der Waals surface area contributed by atoms with Crippen molar-refractivity contribution in [2.24, 2.45) is 0 Å². The van der Waals surface area contributed by atoms with E-state index in [4.69, 9.17) is 13.9 Å². The number of carbonyl (C=O) groups excluding carboxylic acids is 2. The topological polar surface area (TPSA) is 98.2 Å². The van der Waals surface area contributed by atoms with Crippen LogP contribution in [-0.4, -0.2) is 74.5 Å². The zero-order chi connectivity index (χ0) is 25.6. The fourth-order valence-electron chi connectivity index (χ4n) is 3.63. The van der Waals surface area contributed by atoms with Crippen molar-refractivity contribution in [2.45, 2.75) is 51.4 Å². The summed E-state index contributed by atoms with van der Waals surface area (Å²) in [6.07, 6.45) is 2.80. The van der Waals surface area contributed by atoms with Crippen molar-refractivity contribution >= 4 is 20.5 Å². The summed E-state index contributed by atoms with van der Waals surface area (Å²) >= 11 is 0. The second-order valence-corrected chi connectivity index (χ2v) is 15.0. The summed E-state index contributed by atoms with van der Waals surface area (Å²) in [7, 11) is -1.90. The molecule has 1 saturated heterocycles. The molecule has 1 aromatic heterocycles. The van der Waals surface area contributed by atoms with Gasteiger partial charge in [-0.15, -0.1) is 0 Å². The zero-order valence-corrected chi connectivity index (χ0v) is 22.2. The Morgan fingerprint density at radius 1 is 1.29 bits per heavy atom. The summed E-state index contributed by atoms with van der Waals surface area (Å²) in [5, 5.41) is 10.0. The van der Waals surface area contributed by atoms with Crippen LogP contribution in [0.2, 0.25) is 18.1 Å². The maximum atomic E-state index is 13.6. The number of benzene rings is 1. The number of aromatic nitrogens is 1. The number of rotatable bonds is 9. The van der Waals surface area contributed by atoms with Crippen molar-refractivity contribution in [1.29, 1.82) is 0 Å². The predicted molar refractivity (Wildman–Crippen MR) is 136 cm³/mol.